The number of aromatic amines is 1. The molecule has 0 saturated heterocycles. The number of thiazole rings is 1. The van der Waals surface area contributed by atoms with Crippen molar-refractivity contribution in [2.45, 2.75) is 20.3 Å². The van der Waals surface area contributed by atoms with Crippen LogP contribution in [0, 0.1) is 6.92 Å². The molecule has 0 unspecified atom stereocenters. The van der Waals surface area contributed by atoms with E-state index in [2.05, 4.69) is 20.3 Å². The molecule has 0 radical (unpaired) electrons. The number of carboxylic acid groups (broad SMARTS) is 1. The van der Waals surface area contributed by atoms with E-state index in [4.69, 9.17) is 5.11 Å². The summed E-state index contributed by atoms with van der Waals surface area (Å²) < 4.78 is 0. The smallest absolute Gasteiger partial charge is 0.354 e. The summed E-state index contributed by atoms with van der Waals surface area (Å²) in [7, 11) is 0. The van der Waals surface area contributed by atoms with Gasteiger partial charge in [-0.3, -0.25) is 10.1 Å². The fraction of sp³-hybridized carbons (Fsp3) is 0.273. The molecule has 0 aliphatic carbocycles. The van der Waals surface area contributed by atoms with Gasteiger partial charge in [0.05, 0.1) is 12.0 Å². The lowest BCUT2D eigenvalue weighted by Crippen LogP contribution is -2.16. The molecule has 0 aliphatic rings. The minimum atomic E-state index is -1.23. The molecule has 0 fully saturated rings. The van der Waals surface area contributed by atoms with Crippen molar-refractivity contribution in [1.29, 1.82) is 0 Å². The second-order valence-corrected chi connectivity index (χ2v) is 4.96. The van der Waals surface area contributed by atoms with E-state index in [1.54, 1.807) is 0 Å². The van der Waals surface area contributed by atoms with Gasteiger partial charge in [0.2, 0.25) is 0 Å². The van der Waals surface area contributed by atoms with E-state index in [0.717, 1.165) is 17.0 Å². The van der Waals surface area contributed by atoms with E-state index < -0.39 is 11.9 Å². The molecule has 2 aromatic heterocycles. The molecule has 100 valence electrons. The molecule has 19 heavy (non-hydrogen) atoms. The fourth-order valence-electron chi connectivity index (χ4n) is 1.60. The van der Waals surface area contributed by atoms with Crippen LogP contribution in [0.1, 0.15) is 38.5 Å². The highest BCUT2D eigenvalue weighted by Crippen LogP contribution is 2.22. The van der Waals surface area contributed by atoms with Gasteiger partial charge >= 0.3 is 5.97 Å². The summed E-state index contributed by atoms with van der Waals surface area (Å²) in [6.45, 7) is 3.90. The van der Waals surface area contributed by atoms with Crippen molar-refractivity contribution in [3.8, 4) is 0 Å². The van der Waals surface area contributed by atoms with Gasteiger partial charge in [0.25, 0.3) is 5.91 Å². The predicted octanol–water partition coefficient (Wildman–Crippen LogP) is 1.69. The highest BCUT2D eigenvalue weighted by atomic mass is 32.1. The lowest BCUT2D eigenvalue weighted by atomic mass is 10.3. The van der Waals surface area contributed by atoms with Crippen molar-refractivity contribution in [3.63, 3.8) is 0 Å². The van der Waals surface area contributed by atoms with Gasteiger partial charge in [-0.05, 0) is 13.3 Å². The third-order valence-corrected chi connectivity index (χ3v) is 3.44. The molecule has 0 bridgehead atoms. The van der Waals surface area contributed by atoms with Crippen LogP contribution in [0.4, 0.5) is 5.13 Å². The number of aromatic carboxylic acids is 1. The molecule has 8 heteroatoms. The normalized spacial score (nSPS) is 10.4. The highest BCUT2D eigenvalue weighted by molar-refractivity contribution is 7.15. The maximum Gasteiger partial charge on any atom is 0.354 e. The fourth-order valence-corrected chi connectivity index (χ4v) is 2.49. The SMILES string of the molecule is CCc1nc(NC(=O)c2nc[nH]c2C(=O)O)sc1C. The predicted molar refractivity (Wildman–Crippen MR) is 69.7 cm³/mol. The zero-order valence-electron chi connectivity index (χ0n) is 10.4. The lowest BCUT2D eigenvalue weighted by Gasteiger charge is -1.99. The molecular weight excluding hydrogens is 268 g/mol. The van der Waals surface area contributed by atoms with Crippen molar-refractivity contribution < 1.29 is 14.7 Å². The number of rotatable bonds is 4. The largest absolute Gasteiger partial charge is 0.477 e. The Morgan fingerprint density at radius 3 is 2.84 bits per heavy atom. The standard InChI is InChI=1S/C11H12N4O3S/c1-3-6-5(2)19-11(14-6)15-9(16)7-8(10(17)18)13-4-12-7/h4H,3H2,1-2H3,(H,12,13)(H,17,18)(H,14,15,16). The lowest BCUT2D eigenvalue weighted by molar-refractivity contribution is 0.0686. The van der Waals surface area contributed by atoms with Gasteiger partial charge in [0, 0.05) is 4.88 Å². The van der Waals surface area contributed by atoms with Crippen LogP contribution in [0.2, 0.25) is 0 Å². The average Bonchev–Trinajstić information content (AvgIpc) is 2.95. The molecule has 1 amide bonds. The van der Waals surface area contributed by atoms with Crippen LogP contribution < -0.4 is 5.32 Å². The van der Waals surface area contributed by atoms with Crippen LogP contribution >= 0.6 is 11.3 Å². The van der Waals surface area contributed by atoms with Crippen molar-refractivity contribution in [1.82, 2.24) is 15.0 Å². The maximum atomic E-state index is 11.9. The monoisotopic (exact) mass is 280 g/mol. The number of anilines is 1. The molecule has 0 spiro atoms. The van der Waals surface area contributed by atoms with Gasteiger partial charge in [-0.1, -0.05) is 6.92 Å². The van der Waals surface area contributed by atoms with E-state index in [0.29, 0.717) is 5.13 Å². The van der Waals surface area contributed by atoms with Gasteiger partial charge in [-0.2, -0.15) is 0 Å². The molecular formula is C11H12N4O3S. The van der Waals surface area contributed by atoms with Crippen LogP contribution in [0.3, 0.4) is 0 Å². The van der Waals surface area contributed by atoms with Crippen LogP contribution in [0.15, 0.2) is 6.33 Å². The Labute approximate surface area is 112 Å². The van der Waals surface area contributed by atoms with E-state index in [-0.39, 0.29) is 11.4 Å². The molecule has 2 aromatic rings. The molecule has 7 nitrogen and oxygen atoms in total. The number of nitrogens with zero attached hydrogens (tertiary/aromatic N) is 2. The molecule has 2 heterocycles. The molecule has 3 N–H and O–H groups in total. The van der Waals surface area contributed by atoms with Crippen molar-refractivity contribution in [2.24, 2.45) is 0 Å². The van der Waals surface area contributed by atoms with E-state index >= 15 is 0 Å². The van der Waals surface area contributed by atoms with Gasteiger partial charge in [-0.25, -0.2) is 14.8 Å². The second kappa shape index (κ2) is 5.19. The molecule has 0 saturated carbocycles. The van der Waals surface area contributed by atoms with Crippen molar-refractivity contribution in [2.75, 3.05) is 5.32 Å². The Balaban J connectivity index is 2.20. The minimum absolute atomic E-state index is 0.154. The second-order valence-electron chi connectivity index (χ2n) is 3.76. The minimum Gasteiger partial charge on any atom is -0.477 e. The first-order valence-electron chi connectivity index (χ1n) is 5.57. The maximum absolute atomic E-state index is 11.9. The van der Waals surface area contributed by atoms with Crippen LogP contribution in [-0.4, -0.2) is 31.9 Å². The summed E-state index contributed by atoms with van der Waals surface area (Å²) in [6, 6.07) is 0. The number of carbonyl (C=O) groups excluding carboxylic acids is 1. The Morgan fingerprint density at radius 1 is 1.53 bits per heavy atom. The number of carbonyl (C=O) groups is 2. The Morgan fingerprint density at radius 2 is 2.26 bits per heavy atom. The zero-order valence-corrected chi connectivity index (χ0v) is 11.2. The summed E-state index contributed by atoms with van der Waals surface area (Å²) in [5, 5.41) is 11.9. The van der Waals surface area contributed by atoms with Crippen LogP contribution in [0.25, 0.3) is 0 Å². The van der Waals surface area contributed by atoms with Gasteiger partial charge in [0.1, 0.15) is 0 Å². The van der Waals surface area contributed by atoms with E-state index in [1.165, 1.54) is 17.7 Å². The van der Waals surface area contributed by atoms with Gasteiger partial charge in [0.15, 0.2) is 16.5 Å². The van der Waals surface area contributed by atoms with Crippen molar-refractivity contribution >= 4 is 28.3 Å². The summed E-state index contributed by atoms with van der Waals surface area (Å²) in [4.78, 5) is 34.2. The third-order valence-electron chi connectivity index (χ3n) is 2.52. The van der Waals surface area contributed by atoms with E-state index in [9.17, 15) is 9.59 Å². The topological polar surface area (TPSA) is 108 Å². The Bertz CT molecular complexity index is 632. The summed E-state index contributed by atoms with van der Waals surface area (Å²) in [6.07, 6.45) is 1.95. The van der Waals surface area contributed by atoms with Crippen LogP contribution in [0.5, 0.6) is 0 Å². The van der Waals surface area contributed by atoms with Crippen molar-refractivity contribution in [3.05, 3.63) is 28.3 Å². The first-order chi connectivity index (χ1) is 9.02. The number of aromatic nitrogens is 3. The van der Waals surface area contributed by atoms with Gasteiger partial charge in [-0.15, -0.1) is 11.3 Å². The van der Waals surface area contributed by atoms with Gasteiger partial charge < -0.3 is 10.1 Å². The first-order valence-corrected chi connectivity index (χ1v) is 6.38. The number of hydrogen-bond donors (Lipinski definition) is 3. The number of amides is 1. The molecule has 0 aliphatic heterocycles. The number of nitrogens with one attached hydrogen (secondary N) is 2. The quantitative estimate of drug-likeness (QED) is 0.789. The number of imidazole rings is 1. The number of aryl methyl sites for hydroxylation is 2. The molecule has 0 aromatic carbocycles. The number of H-pyrrole nitrogens is 1. The summed E-state index contributed by atoms with van der Waals surface area (Å²) in [5.74, 6) is -1.82. The van der Waals surface area contributed by atoms with E-state index in [1.807, 2.05) is 13.8 Å². The number of hydrogen-bond acceptors (Lipinski definition) is 5. The summed E-state index contributed by atoms with van der Waals surface area (Å²) in [5.41, 5.74) is 0.528. The Hall–Kier alpha value is -2.22. The number of carboxylic acids is 1. The van der Waals surface area contributed by atoms with Crippen LogP contribution in [-0.2, 0) is 6.42 Å². The molecule has 2 rings (SSSR count). The zero-order chi connectivity index (χ0) is 14.0. The summed E-state index contributed by atoms with van der Waals surface area (Å²) >= 11 is 1.35. The highest BCUT2D eigenvalue weighted by Gasteiger charge is 2.20. The average molecular weight is 280 g/mol. The third kappa shape index (κ3) is 2.63. The Kier molecular flexibility index (Phi) is 3.61. The molecule has 0 atom stereocenters. The first kappa shape index (κ1) is 13.2.